The zero-order valence-electron chi connectivity index (χ0n) is 13.2. The van der Waals surface area contributed by atoms with Crippen LogP contribution in [0.1, 0.15) is 31.2 Å². The summed E-state index contributed by atoms with van der Waals surface area (Å²) in [7, 11) is 4.15. The van der Waals surface area contributed by atoms with E-state index in [4.69, 9.17) is 5.73 Å². The van der Waals surface area contributed by atoms with Crippen molar-refractivity contribution in [2.45, 2.75) is 25.7 Å². The lowest BCUT2D eigenvalue weighted by molar-refractivity contribution is 0.175. The SMILES string of the molecule is CC1CCCN(CC(CN)c2ccc(N(C)C)cc2)C1. The van der Waals surface area contributed by atoms with Crippen molar-refractivity contribution in [2.24, 2.45) is 11.7 Å². The van der Waals surface area contributed by atoms with E-state index in [1.54, 1.807) is 0 Å². The highest BCUT2D eigenvalue weighted by molar-refractivity contribution is 5.46. The highest BCUT2D eigenvalue weighted by atomic mass is 15.1. The number of anilines is 1. The number of likely N-dealkylation sites (tertiary alicyclic amines) is 1. The minimum atomic E-state index is 0.455. The van der Waals surface area contributed by atoms with Gasteiger partial charge in [-0.2, -0.15) is 0 Å². The Bertz CT molecular complexity index is 399. The fourth-order valence-electron chi connectivity index (χ4n) is 3.12. The lowest BCUT2D eigenvalue weighted by Gasteiger charge is -2.33. The van der Waals surface area contributed by atoms with Crippen molar-refractivity contribution in [1.29, 1.82) is 0 Å². The van der Waals surface area contributed by atoms with Crippen LogP contribution in [0.3, 0.4) is 0 Å². The largest absolute Gasteiger partial charge is 0.378 e. The van der Waals surface area contributed by atoms with Crippen molar-refractivity contribution in [1.82, 2.24) is 4.90 Å². The molecule has 2 rings (SSSR count). The third kappa shape index (κ3) is 3.97. The van der Waals surface area contributed by atoms with Crippen LogP contribution in [0.2, 0.25) is 0 Å². The van der Waals surface area contributed by atoms with Crippen molar-refractivity contribution >= 4 is 5.69 Å². The second-order valence-electron chi connectivity index (χ2n) is 6.43. The molecule has 2 N–H and O–H groups in total. The highest BCUT2D eigenvalue weighted by Gasteiger charge is 2.20. The maximum atomic E-state index is 6.02. The van der Waals surface area contributed by atoms with Crippen LogP contribution in [-0.4, -0.2) is 45.2 Å². The Kier molecular flexibility index (Phi) is 5.44. The summed E-state index contributed by atoms with van der Waals surface area (Å²) in [4.78, 5) is 4.72. The van der Waals surface area contributed by atoms with Crippen molar-refractivity contribution in [3.63, 3.8) is 0 Å². The van der Waals surface area contributed by atoms with Gasteiger partial charge >= 0.3 is 0 Å². The van der Waals surface area contributed by atoms with Crippen LogP contribution in [0.4, 0.5) is 5.69 Å². The first-order chi connectivity index (χ1) is 9.60. The zero-order valence-corrected chi connectivity index (χ0v) is 13.2. The normalized spacial score (nSPS) is 21.7. The predicted octanol–water partition coefficient (Wildman–Crippen LogP) is 2.53. The van der Waals surface area contributed by atoms with E-state index < -0.39 is 0 Å². The van der Waals surface area contributed by atoms with E-state index >= 15 is 0 Å². The topological polar surface area (TPSA) is 32.5 Å². The van der Waals surface area contributed by atoms with Gasteiger partial charge in [0.1, 0.15) is 0 Å². The minimum absolute atomic E-state index is 0.455. The first kappa shape index (κ1) is 15.3. The van der Waals surface area contributed by atoms with E-state index in [2.05, 4.69) is 55.1 Å². The number of benzene rings is 1. The molecule has 1 heterocycles. The van der Waals surface area contributed by atoms with Gasteiger partial charge in [-0.15, -0.1) is 0 Å². The van der Waals surface area contributed by atoms with Gasteiger partial charge in [-0.25, -0.2) is 0 Å². The highest BCUT2D eigenvalue weighted by Crippen LogP contribution is 2.23. The first-order valence-electron chi connectivity index (χ1n) is 7.80. The molecule has 0 aliphatic carbocycles. The Morgan fingerprint density at radius 2 is 2.00 bits per heavy atom. The molecule has 3 heteroatoms. The number of rotatable bonds is 5. The van der Waals surface area contributed by atoms with Gasteiger partial charge in [0, 0.05) is 45.3 Å². The Morgan fingerprint density at radius 1 is 1.30 bits per heavy atom. The molecule has 2 unspecified atom stereocenters. The van der Waals surface area contributed by atoms with Crippen molar-refractivity contribution in [2.75, 3.05) is 45.2 Å². The standard InChI is InChI=1S/C17H29N3/c1-14-5-4-10-20(12-14)13-16(11-18)15-6-8-17(9-7-15)19(2)3/h6-9,14,16H,4-5,10-13,18H2,1-3H3. The van der Waals surface area contributed by atoms with Gasteiger partial charge in [-0.1, -0.05) is 19.1 Å². The summed E-state index contributed by atoms with van der Waals surface area (Å²) in [6.45, 7) is 6.65. The molecular formula is C17H29N3. The lowest BCUT2D eigenvalue weighted by Crippen LogP contribution is -2.38. The van der Waals surface area contributed by atoms with Crippen LogP contribution < -0.4 is 10.6 Å². The molecule has 1 aromatic carbocycles. The molecule has 1 aliphatic rings. The van der Waals surface area contributed by atoms with E-state index in [9.17, 15) is 0 Å². The Labute approximate surface area is 123 Å². The lowest BCUT2D eigenvalue weighted by atomic mass is 9.95. The molecule has 2 atom stereocenters. The average Bonchev–Trinajstić information content (AvgIpc) is 2.45. The Morgan fingerprint density at radius 3 is 2.55 bits per heavy atom. The zero-order chi connectivity index (χ0) is 14.5. The van der Waals surface area contributed by atoms with Crippen molar-refractivity contribution in [3.05, 3.63) is 29.8 Å². The number of hydrogen-bond acceptors (Lipinski definition) is 3. The van der Waals surface area contributed by atoms with Crippen molar-refractivity contribution in [3.8, 4) is 0 Å². The summed E-state index contributed by atoms with van der Waals surface area (Å²) < 4.78 is 0. The molecule has 112 valence electrons. The molecule has 1 saturated heterocycles. The molecule has 0 amide bonds. The molecule has 0 spiro atoms. The van der Waals surface area contributed by atoms with Gasteiger partial charge in [0.15, 0.2) is 0 Å². The first-order valence-corrected chi connectivity index (χ1v) is 7.80. The fraction of sp³-hybridized carbons (Fsp3) is 0.647. The monoisotopic (exact) mass is 275 g/mol. The maximum Gasteiger partial charge on any atom is 0.0361 e. The Hall–Kier alpha value is -1.06. The van der Waals surface area contributed by atoms with Crippen molar-refractivity contribution < 1.29 is 0 Å². The maximum absolute atomic E-state index is 6.02. The molecular weight excluding hydrogens is 246 g/mol. The van der Waals surface area contributed by atoms with Crippen LogP contribution in [0, 0.1) is 5.92 Å². The molecule has 1 aromatic rings. The predicted molar refractivity (Wildman–Crippen MR) is 87.4 cm³/mol. The van der Waals surface area contributed by atoms with Gasteiger partial charge in [0.05, 0.1) is 0 Å². The summed E-state index contributed by atoms with van der Waals surface area (Å²) in [5, 5.41) is 0. The summed E-state index contributed by atoms with van der Waals surface area (Å²) in [5.74, 6) is 1.29. The third-order valence-corrected chi connectivity index (χ3v) is 4.39. The third-order valence-electron chi connectivity index (χ3n) is 4.39. The number of nitrogens with zero attached hydrogens (tertiary/aromatic N) is 2. The summed E-state index contributed by atoms with van der Waals surface area (Å²) >= 11 is 0. The van der Waals surface area contributed by atoms with Gasteiger partial charge in [-0.05, 0) is 43.0 Å². The molecule has 0 saturated carbocycles. The second-order valence-corrected chi connectivity index (χ2v) is 6.43. The van der Waals surface area contributed by atoms with Gasteiger partial charge in [0.25, 0.3) is 0 Å². The van der Waals surface area contributed by atoms with E-state index in [1.165, 1.54) is 37.2 Å². The minimum Gasteiger partial charge on any atom is -0.378 e. The van der Waals surface area contributed by atoms with Gasteiger partial charge < -0.3 is 15.5 Å². The quantitative estimate of drug-likeness (QED) is 0.896. The summed E-state index contributed by atoms with van der Waals surface area (Å²) in [6.07, 6.45) is 2.71. The van der Waals surface area contributed by atoms with Gasteiger partial charge in [0.2, 0.25) is 0 Å². The average molecular weight is 275 g/mol. The molecule has 1 fully saturated rings. The fourth-order valence-corrected chi connectivity index (χ4v) is 3.12. The summed E-state index contributed by atoms with van der Waals surface area (Å²) in [6, 6.07) is 8.86. The number of nitrogens with two attached hydrogens (primary N) is 1. The second kappa shape index (κ2) is 7.09. The number of hydrogen-bond donors (Lipinski definition) is 1. The summed E-state index contributed by atoms with van der Waals surface area (Å²) in [5.41, 5.74) is 8.64. The Balaban J connectivity index is 2.00. The molecule has 1 aliphatic heterocycles. The van der Waals surface area contributed by atoms with Crippen LogP contribution in [0.5, 0.6) is 0 Å². The molecule has 0 radical (unpaired) electrons. The van der Waals surface area contributed by atoms with Crippen LogP contribution in [-0.2, 0) is 0 Å². The number of piperidine rings is 1. The van der Waals surface area contributed by atoms with E-state index in [-0.39, 0.29) is 0 Å². The molecule has 0 aromatic heterocycles. The van der Waals surface area contributed by atoms with E-state index in [0.29, 0.717) is 5.92 Å². The van der Waals surface area contributed by atoms with Crippen LogP contribution in [0.25, 0.3) is 0 Å². The molecule has 20 heavy (non-hydrogen) atoms. The molecule has 3 nitrogen and oxygen atoms in total. The van der Waals surface area contributed by atoms with Crippen LogP contribution in [0.15, 0.2) is 24.3 Å². The van der Waals surface area contributed by atoms with E-state index in [1.807, 2.05) is 0 Å². The van der Waals surface area contributed by atoms with Crippen LogP contribution >= 0.6 is 0 Å². The van der Waals surface area contributed by atoms with E-state index in [0.717, 1.165) is 19.0 Å². The molecule has 0 bridgehead atoms. The smallest absolute Gasteiger partial charge is 0.0361 e. The van der Waals surface area contributed by atoms with Gasteiger partial charge in [-0.3, -0.25) is 0 Å².